The van der Waals surface area contributed by atoms with E-state index < -0.39 is 0 Å². The second-order valence-corrected chi connectivity index (χ2v) is 4.85. The van der Waals surface area contributed by atoms with Crippen LogP contribution in [-0.4, -0.2) is 65.1 Å². The Kier molecular flexibility index (Phi) is 3.42. The summed E-state index contributed by atoms with van der Waals surface area (Å²) in [5, 5.41) is 6.83. The molecule has 0 aliphatic heterocycles. The van der Waals surface area contributed by atoms with Crippen LogP contribution in [0.3, 0.4) is 0 Å². The molecule has 0 bridgehead atoms. The summed E-state index contributed by atoms with van der Waals surface area (Å²) in [5.41, 5.74) is 0. The van der Waals surface area contributed by atoms with Crippen LogP contribution >= 0.6 is 0 Å². The first-order valence-corrected chi connectivity index (χ1v) is 5.90. The summed E-state index contributed by atoms with van der Waals surface area (Å²) in [4.78, 5) is 19.9. The Balaban J connectivity index is 1.92. The Morgan fingerprint density at radius 2 is 2.06 bits per heavy atom. The van der Waals surface area contributed by atoms with Crippen LogP contribution in [-0.2, 0) is 0 Å². The van der Waals surface area contributed by atoms with Gasteiger partial charge in [0.25, 0.3) is 5.91 Å². The van der Waals surface area contributed by atoms with Gasteiger partial charge in [-0.05, 0) is 26.9 Å². The van der Waals surface area contributed by atoms with E-state index in [1.54, 1.807) is 11.9 Å². The van der Waals surface area contributed by atoms with E-state index in [-0.39, 0.29) is 11.7 Å². The molecule has 1 fully saturated rings. The van der Waals surface area contributed by atoms with Crippen LogP contribution in [0, 0.1) is 0 Å². The lowest BCUT2D eigenvalue weighted by molar-refractivity contribution is 0.0774. The smallest absolute Gasteiger partial charge is 0.293 e. The molecule has 1 aliphatic rings. The van der Waals surface area contributed by atoms with Crippen molar-refractivity contribution in [3.05, 3.63) is 11.6 Å². The van der Waals surface area contributed by atoms with Gasteiger partial charge in [-0.15, -0.1) is 5.10 Å². The van der Waals surface area contributed by atoms with Crippen LogP contribution < -0.4 is 0 Å². The first kappa shape index (κ1) is 12.0. The van der Waals surface area contributed by atoms with Gasteiger partial charge in [0, 0.05) is 26.1 Å². The summed E-state index contributed by atoms with van der Waals surface area (Å²) in [6, 6.07) is 0. The fraction of sp³-hybridized carbons (Fsp3) is 0.727. The fourth-order valence-corrected chi connectivity index (χ4v) is 1.53. The van der Waals surface area contributed by atoms with E-state index in [0.717, 1.165) is 25.2 Å². The lowest BCUT2D eigenvalue weighted by Crippen LogP contribution is -2.34. The molecule has 0 unspecified atom stereocenters. The van der Waals surface area contributed by atoms with Gasteiger partial charge in [-0.3, -0.25) is 9.89 Å². The van der Waals surface area contributed by atoms with Crippen LogP contribution in [0.15, 0.2) is 0 Å². The van der Waals surface area contributed by atoms with Crippen LogP contribution in [0.1, 0.15) is 35.2 Å². The van der Waals surface area contributed by atoms with Crippen molar-refractivity contribution in [2.45, 2.75) is 18.8 Å². The zero-order valence-electron chi connectivity index (χ0n) is 10.6. The average molecular weight is 237 g/mol. The Bertz CT molecular complexity index is 396. The Morgan fingerprint density at radius 3 is 2.65 bits per heavy atom. The molecule has 1 saturated carbocycles. The first-order valence-electron chi connectivity index (χ1n) is 5.90. The molecule has 0 saturated heterocycles. The summed E-state index contributed by atoms with van der Waals surface area (Å²) in [6.07, 6.45) is 2.30. The highest BCUT2D eigenvalue weighted by Gasteiger charge is 2.28. The van der Waals surface area contributed by atoms with Gasteiger partial charge in [0.15, 0.2) is 0 Å². The van der Waals surface area contributed by atoms with Gasteiger partial charge in [0.1, 0.15) is 5.82 Å². The van der Waals surface area contributed by atoms with Gasteiger partial charge >= 0.3 is 0 Å². The molecule has 1 N–H and O–H groups in total. The van der Waals surface area contributed by atoms with Crippen molar-refractivity contribution < 1.29 is 4.79 Å². The van der Waals surface area contributed by atoms with Gasteiger partial charge in [-0.25, -0.2) is 4.98 Å². The Labute approximate surface area is 101 Å². The second kappa shape index (κ2) is 4.83. The average Bonchev–Trinajstić information content (AvgIpc) is 3.03. The van der Waals surface area contributed by atoms with E-state index in [0.29, 0.717) is 12.5 Å². The van der Waals surface area contributed by atoms with Crippen LogP contribution in [0.5, 0.6) is 0 Å². The van der Waals surface area contributed by atoms with Crippen LogP contribution in [0.4, 0.5) is 0 Å². The zero-order chi connectivity index (χ0) is 12.4. The molecule has 6 heteroatoms. The summed E-state index contributed by atoms with van der Waals surface area (Å²) < 4.78 is 0. The summed E-state index contributed by atoms with van der Waals surface area (Å²) >= 11 is 0. The largest absolute Gasteiger partial charge is 0.338 e. The number of hydrogen-bond acceptors (Lipinski definition) is 4. The number of carbonyl (C=O) groups excluding carboxylic acids is 1. The number of aromatic nitrogens is 3. The minimum Gasteiger partial charge on any atom is -0.338 e. The third-order valence-electron chi connectivity index (χ3n) is 2.89. The molecular formula is C11H19N5O. The summed E-state index contributed by atoms with van der Waals surface area (Å²) in [6.45, 7) is 1.52. The fourth-order valence-electron chi connectivity index (χ4n) is 1.53. The first-order chi connectivity index (χ1) is 8.08. The number of amides is 1. The van der Waals surface area contributed by atoms with E-state index in [9.17, 15) is 4.79 Å². The molecule has 1 aromatic heterocycles. The molecule has 0 spiro atoms. The SMILES string of the molecule is CN(C)CCN(C)C(=O)c1n[nH]c(C2CC2)n1. The van der Waals surface area contributed by atoms with Crippen molar-refractivity contribution >= 4 is 5.91 Å². The molecule has 94 valence electrons. The van der Waals surface area contributed by atoms with Crippen LogP contribution in [0.25, 0.3) is 0 Å². The van der Waals surface area contributed by atoms with E-state index in [1.165, 1.54) is 0 Å². The van der Waals surface area contributed by atoms with E-state index >= 15 is 0 Å². The standard InChI is InChI=1S/C11H19N5O/c1-15(2)6-7-16(3)11(17)10-12-9(13-14-10)8-4-5-8/h8H,4-7H2,1-3H3,(H,12,13,14). The maximum absolute atomic E-state index is 12.0. The maximum atomic E-state index is 12.0. The number of rotatable bonds is 5. The van der Waals surface area contributed by atoms with Gasteiger partial charge in [-0.1, -0.05) is 0 Å². The van der Waals surface area contributed by atoms with Crippen molar-refractivity contribution in [3.63, 3.8) is 0 Å². The monoisotopic (exact) mass is 237 g/mol. The molecule has 1 heterocycles. The highest BCUT2D eigenvalue weighted by Crippen LogP contribution is 2.37. The quantitative estimate of drug-likeness (QED) is 0.800. The molecule has 1 aromatic rings. The van der Waals surface area contributed by atoms with Gasteiger partial charge < -0.3 is 9.80 Å². The Hall–Kier alpha value is -1.43. The predicted octanol–water partition coefficient (Wildman–Crippen LogP) is 0.316. The Morgan fingerprint density at radius 1 is 1.35 bits per heavy atom. The molecule has 0 radical (unpaired) electrons. The number of nitrogens with zero attached hydrogens (tertiary/aromatic N) is 4. The van der Waals surface area contributed by atoms with Crippen molar-refractivity contribution in [2.75, 3.05) is 34.2 Å². The lowest BCUT2D eigenvalue weighted by atomic mass is 10.4. The normalized spacial score (nSPS) is 15.3. The lowest BCUT2D eigenvalue weighted by Gasteiger charge is -2.17. The van der Waals surface area contributed by atoms with Crippen molar-refractivity contribution in [2.24, 2.45) is 0 Å². The number of aromatic amines is 1. The highest BCUT2D eigenvalue weighted by atomic mass is 16.2. The van der Waals surface area contributed by atoms with Gasteiger partial charge in [-0.2, -0.15) is 0 Å². The third-order valence-corrected chi connectivity index (χ3v) is 2.89. The molecular weight excluding hydrogens is 218 g/mol. The summed E-state index contributed by atoms with van der Waals surface area (Å²) in [5.74, 6) is 1.52. The second-order valence-electron chi connectivity index (χ2n) is 4.85. The molecule has 0 aromatic carbocycles. The highest BCUT2D eigenvalue weighted by molar-refractivity contribution is 5.90. The van der Waals surface area contributed by atoms with E-state index in [1.807, 2.05) is 19.0 Å². The minimum atomic E-state index is -0.116. The summed E-state index contributed by atoms with van der Waals surface area (Å²) in [7, 11) is 5.74. The molecule has 1 amide bonds. The third kappa shape index (κ3) is 3.03. The molecule has 1 aliphatic carbocycles. The number of carbonyl (C=O) groups is 1. The minimum absolute atomic E-state index is 0.116. The van der Waals surface area contributed by atoms with Gasteiger partial charge in [0.2, 0.25) is 5.82 Å². The topological polar surface area (TPSA) is 65.1 Å². The molecule has 2 rings (SSSR count). The maximum Gasteiger partial charge on any atom is 0.293 e. The number of hydrogen-bond donors (Lipinski definition) is 1. The van der Waals surface area contributed by atoms with Gasteiger partial charge in [0.05, 0.1) is 0 Å². The molecule has 0 atom stereocenters. The van der Waals surface area contributed by atoms with Crippen molar-refractivity contribution in [1.29, 1.82) is 0 Å². The number of H-pyrrole nitrogens is 1. The van der Waals surface area contributed by atoms with Crippen molar-refractivity contribution in [1.82, 2.24) is 25.0 Å². The molecule has 6 nitrogen and oxygen atoms in total. The number of likely N-dealkylation sites (N-methyl/N-ethyl adjacent to an activating group) is 2. The molecule has 17 heavy (non-hydrogen) atoms. The van der Waals surface area contributed by atoms with E-state index in [4.69, 9.17) is 0 Å². The van der Waals surface area contributed by atoms with E-state index in [2.05, 4.69) is 15.2 Å². The zero-order valence-corrected chi connectivity index (χ0v) is 10.6. The van der Waals surface area contributed by atoms with Crippen LogP contribution in [0.2, 0.25) is 0 Å². The number of nitrogens with one attached hydrogen (secondary N) is 1. The predicted molar refractivity (Wildman–Crippen MR) is 63.9 cm³/mol. The van der Waals surface area contributed by atoms with Crippen molar-refractivity contribution in [3.8, 4) is 0 Å².